The molecule has 3 aliphatic rings. The highest BCUT2D eigenvalue weighted by Crippen LogP contribution is 2.40. The van der Waals surface area contributed by atoms with Crippen molar-refractivity contribution in [2.75, 3.05) is 17.2 Å². The van der Waals surface area contributed by atoms with Crippen molar-refractivity contribution < 1.29 is 28.9 Å². The number of rotatable bonds is 5. The minimum Gasteiger partial charge on any atom is -0.543 e. The van der Waals surface area contributed by atoms with Gasteiger partial charge in [-0.2, -0.15) is 4.57 Å². The number of carbonyl (C=O) groups excluding carboxylic acids is 4. The summed E-state index contributed by atoms with van der Waals surface area (Å²) >= 11 is 1.36. The second kappa shape index (κ2) is 7.58. The molecule has 10 nitrogen and oxygen atoms in total. The number of hydrogen-bond donors (Lipinski definition) is 2. The minimum atomic E-state index is -1.47. The molecule has 2 fully saturated rings. The van der Waals surface area contributed by atoms with Gasteiger partial charge in [0, 0.05) is 23.9 Å². The molecule has 156 valence electrons. The lowest BCUT2D eigenvalue weighted by molar-refractivity contribution is -0.683. The molecule has 3 aliphatic heterocycles. The number of carbonyl (C=O) groups is 4. The summed E-state index contributed by atoms with van der Waals surface area (Å²) in [6, 6.07) is 2.72. The maximum atomic E-state index is 12.9. The second-order valence-electron chi connectivity index (χ2n) is 7.17. The van der Waals surface area contributed by atoms with E-state index in [1.54, 1.807) is 34.0 Å². The van der Waals surface area contributed by atoms with Gasteiger partial charge in [-0.05, 0) is 24.1 Å². The lowest BCUT2D eigenvalue weighted by Crippen LogP contribution is -2.69. The van der Waals surface area contributed by atoms with Gasteiger partial charge in [0.1, 0.15) is 17.1 Å². The molecule has 30 heavy (non-hydrogen) atoms. The van der Waals surface area contributed by atoms with Crippen molar-refractivity contribution in [1.29, 1.82) is 0 Å². The molecule has 2 saturated heterocycles. The Bertz CT molecular complexity index is 1040. The van der Waals surface area contributed by atoms with Crippen LogP contribution in [0.25, 0.3) is 0 Å². The van der Waals surface area contributed by atoms with E-state index < -0.39 is 29.2 Å². The third-order valence-corrected chi connectivity index (χ3v) is 6.52. The van der Waals surface area contributed by atoms with E-state index >= 15 is 0 Å². The van der Waals surface area contributed by atoms with Gasteiger partial charge in [-0.3, -0.25) is 19.3 Å². The van der Waals surface area contributed by atoms with Crippen LogP contribution in [0.15, 0.2) is 47.4 Å². The fraction of sp³-hybridized carbons (Fsp3) is 0.316. The highest BCUT2D eigenvalue weighted by molar-refractivity contribution is 8.00. The summed E-state index contributed by atoms with van der Waals surface area (Å²) in [5.41, 5.74) is 12.1. The van der Waals surface area contributed by atoms with Gasteiger partial charge in [-0.25, -0.2) is 0 Å². The van der Waals surface area contributed by atoms with E-state index in [0.717, 1.165) is 4.90 Å². The smallest absolute Gasteiger partial charge is 0.283 e. The normalized spacial score (nSPS) is 24.9. The monoisotopic (exact) mass is 429 g/mol. The van der Waals surface area contributed by atoms with E-state index in [9.17, 15) is 24.3 Å². The Morgan fingerprint density at radius 1 is 1.37 bits per heavy atom. The van der Waals surface area contributed by atoms with Crippen LogP contribution in [-0.4, -0.2) is 52.3 Å². The van der Waals surface area contributed by atoms with E-state index in [4.69, 9.17) is 11.5 Å². The lowest BCUT2D eigenvalue weighted by atomic mass is 10.0. The van der Waals surface area contributed by atoms with Gasteiger partial charge < -0.3 is 26.3 Å². The Morgan fingerprint density at radius 3 is 2.83 bits per heavy atom. The molecule has 0 saturated carbocycles. The van der Waals surface area contributed by atoms with Gasteiger partial charge in [0.25, 0.3) is 11.8 Å². The zero-order chi connectivity index (χ0) is 21.6. The number of carboxylic acid groups (broad SMARTS) is 1. The molecule has 3 amide bonds. The summed E-state index contributed by atoms with van der Waals surface area (Å²) in [4.78, 5) is 50.5. The van der Waals surface area contributed by atoms with Crippen molar-refractivity contribution in [3.63, 3.8) is 0 Å². The number of amides is 3. The molecule has 1 aromatic heterocycles. The first-order valence-corrected chi connectivity index (χ1v) is 10.3. The molecule has 4 heterocycles. The largest absolute Gasteiger partial charge is 0.543 e. The Hall–Kier alpha value is -3.18. The molecule has 4 rings (SSSR count). The highest BCUT2D eigenvalue weighted by atomic mass is 32.2. The molecular formula is C19H19N5O5S. The Morgan fingerprint density at radius 2 is 2.13 bits per heavy atom. The summed E-state index contributed by atoms with van der Waals surface area (Å²) in [5, 5.41) is 11.3. The van der Waals surface area contributed by atoms with Crippen LogP contribution in [0.1, 0.15) is 6.42 Å². The number of anilines is 1. The van der Waals surface area contributed by atoms with Crippen LogP contribution in [0.2, 0.25) is 0 Å². The number of aliphatic carboxylic acids is 1. The molecule has 0 bridgehead atoms. The molecular weight excluding hydrogens is 410 g/mol. The Balaban J connectivity index is 1.61. The number of hydrogen-bond acceptors (Lipinski definition) is 7. The summed E-state index contributed by atoms with van der Waals surface area (Å²) in [5.74, 6) is -2.39. The van der Waals surface area contributed by atoms with Crippen LogP contribution in [0.4, 0.5) is 5.69 Å². The van der Waals surface area contributed by atoms with E-state index in [2.05, 4.69) is 0 Å². The molecule has 0 unspecified atom stereocenters. The van der Waals surface area contributed by atoms with Crippen molar-refractivity contribution in [3.8, 4) is 0 Å². The molecule has 0 radical (unpaired) electrons. The van der Waals surface area contributed by atoms with Gasteiger partial charge >= 0.3 is 0 Å². The van der Waals surface area contributed by atoms with Crippen LogP contribution < -0.4 is 26.0 Å². The number of aromatic nitrogens is 1. The molecule has 1 aromatic rings. The average Bonchev–Trinajstić information content (AvgIpc) is 3.06. The number of nitrogens with zero attached hydrogens (tertiary/aromatic N) is 3. The quantitative estimate of drug-likeness (QED) is 0.295. The first-order chi connectivity index (χ1) is 14.3. The number of β-lactam (4-membered cyclic amide) rings is 1. The minimum absolute atomic E-state index is 0.00911. The van der Waals surface area contributed by atoms with E-state index in [-0.39, 0.29) is 18.1 Å². The van der Waals surface area contributed by atoms with Crippen LogP contribution in [0, 0.1) is 0 Å². The van der Waals surface area contributed by atoms with Crippen LogP contribution in [0.5, 0.6) is 0 Å². The van der Waals surface area contributed by atoms with Gasteiger partial charge in [-0.15, -0.1) is 11.8 Å². The number of primary amides is 1. The zero-order valence-corrected chi connectivity index (χ0v) is 16.6. The van der Waals surface area contributed by atoms with E-state index in [1.807, 2.05) is 0 Å². The topological polar surface area (TPSA) is 154 Å². The molecule has 11 heteroatoms. The zero-order valence-electron chi connectivity index (χ0n) is 15.8. The predicted molar refractivity (Wildman–Crippen MR) is 104 cm³/mol. The number of nitrogens with two attached hydrogens (primary N) is 2. The van der Waals surface area contributed by atoms with Crippen LogP contribution in [0.3, 0.4) is 0 Å². The lowest BCUT2D eigenvalue weighted by Gasteiger charge is -2.49. The average molecular weight is 429 g/mol. The Kier molecular flexibility index (Phi) is 5.08. The van der Waals surface area contributed by atoms with Crippen molar-refractivity contribution in [3.05, 3.63) is 47.4 Å². The van der Waals surface area contributed by atoms with Crippen LogP contribution >= 0.6 is 11.8 Å². The summed E-state index contributed by atoms with van der Waals surface area (Å²) < 4.78 is 1.58. The van der Waals surface area contributed by atoms with Crippen LogP contribution in [-0.2, 0) is 25.7 Å². The summed E-state index contributed by atoms with van der Waals surface area (Å²) in [6.45, 7) is 0.396. The molecule has 2 atom stereocenters. The van der Waals surface area contributed by atoms with Crippen molar-refractivity contribution in [1.82, 2.24) is 4.90 Å². The second-order valence-corrected chi connectivity index (χ2v) is 8.28. The summed E-state index contributed by atoms with van der Waals surface area (Å²) in [7, 11) is 0. The third-order valence-electron chi connectivity index (χ3n) is 5.20. The van der Waals surface area contributed by atoms with Gasteiger partial charge in [0.05, 0.1) is 11.7 Å². The number of allylic oxidation sites excluding steroid dienone is 1. The van der Waals surface area contributed by atoms with E-state index in [0.29, 0.717) is 35.6 Å². The Labute approximate surface area is 175 Å². The number of carboxylic acids is 1. The van der Waals surface area contributed by atoms with Crippen molar-refractivity contribution in [2.45, 2.75) is 24.4 Å². The first-order valence-electron chi connectivity index (χ1n) is 9.22. The number of pyridine rings is 1. The van der Waals surface area contributed by atoms with Gasteiger partial charge in [0.2, 0.25) is 12.5 Å². The van der Waals surface area contributed by atoms with Crippen molar-refractivity contribution >= 4 is 41.1 Å². The predicted octanol–water partition coefficient (Wildman–Crippen LogP) is -2.63. The third kappa shape index (κ3) is 3.35. The van der Waals surface area contributed by atoms with Gasteiger partial charge in [-0.1, -0.05) is 0 Å². The SMILES string of the molecule is NC(=O)C[n+]1cccc(N2CC/C(=C\C3=C(C(=O)[O-])N4C(=O)[C@@H](N)[C@H]4SC3)C2=O)c1. The summed E-state index contributed by atoms with van der Waals surface area (Å²) in [6.07, 6.45) is 5.27. The maximum absolute atomic E-state index is 12.9. The highest BCUT2D eigenvalue weighted by Gasteiger charge is 2.50. The van der Waals surface area contributed by atoms with E-state index in [1.165, 1.54) is 17.8 Å². The first kappa shape index (κ1) is 20.1. The molecule has 4 N–H and O–H groups in total. The van der Waals surface area contributed by atoms with Gasteiger partial charge in [0.15, 0.2) is 12.4 Å². The van der Waals surface area contributed by atoms with Crippen molar-refractivity contribution in [2.24, 2.45) is 11.5 Å². The molecule has 0 aromatic carbocycles. The maximum Gasteiger partial charge on any atom is 0.283 e. The fourth-order valence-electron chi connectivity index (χ4n) is 3.79. The molecule has 0 spiro atoms. The number of fused-ring (bicyclic) bond motifs is 1. The fourth-order valence-corrected chi connectivity index (χ4v) is 5.04. The molecule has 0 aliphatic carbocycles. The standard InChI is InChI=1S/C19H19N5O5S/c20-13(25)8-22-4-1-2-12(7-22)23-5-3-10(16(23)26)6-11-9-30-18-14(21)17(27)24(18)15(11)19(28)29/h1-2,4,6-7,14,18H,3,5,8-9,21H2,(H2-,20,25,28,29)/b10-6+/t14-,18-/m1/s1. The number of thioether (sulfide) groups is 1.